The summed E-state index contributed by atoms with van der Waals surface area (Å²) < 4.78 is 14.5. The lowest BCUT2D eigenvalue weighted by Crippen LogP contribution is -2.47. The van der Waals surface area contributed by atoms with E-state index in [1.807, 2.05) is 0 Å². The van der Waals surface area contributed by atoms with Gasteiger partial charge in [-0.15, -0.1) is 0 Å². The Kier molecular flexibility index (Phi) is 2.38. The number of nitrogens with one attached hydrogen (secondary N) is 1. The molecule has 1 aromatic heterocycles. The van der Waals surface area contributed by atoms with Crippen LogP contribution in [0, 0.1) is 5.82 Å². The number of fused-ring (bicyclic) bond motifs is 1. The topological polar surface area (TPSA) is 46.9 Å². The van der Waals surface area contributed by atoms with E-state index in [9.17, 15) is 9.18 Å². The molecule has 1 aliphatic heterocycles. The first-order chi connectivity index (χ1) is 8.16. The Bertz CT molecular complexity index is 651. The monoisotopic (exact) mass is 253 g/mol. The molecule has 0 aliphatic carbocycles. The summed E-state index contributed by atoms with van der Waals surface area (Å²) in [4.78, 5) is 16.2. The van der Waals surface area contributed by atoms with E-state index in [1.165, 1.54) is 22.8 Å². The van der Waals surface area contributed by atoms with Gasteiger partial charge in [0.25, 0.3) is 5.56 Å². The fraction of sp³-hybridized carbons (Fsp3) is 0.273. The van der Waals surface area contributed by atoms with E-state index in [1.54, 1.807) is 0 Å². The van der Waals surface area contributed by atoms with Crippen LogP contribution in [0.1, 0.15) is 6.04 Å². The van der Waals surface area contributed by atoms with Crippen molar-refractivity contribution in [2.24, 2.45) is 0 Å². The lowest BCUT2D eigenvalue weighted by Gasteiger charge is -2.29. The van der Waals surface area contributed by atoms with Crippen molar-refractivity contribution in [2.75, 3.05) is 13.1 Å². The van der Waals surface area contributed by atoms with E-state index in [0.717, 1.165) is 0 Å². The van der Waals surface area contributed by atoms with Gasteiger partial charge in [-0.25, -0.2) is 9.37 Å². The van der Waals surface area contributed by atoms with Crippen LogP contribution in [0.4, 0.5) is 4.39 Å². The molecule has 88 valence electrons. The molecule has 2 aromatic rings. The highest BCUT2D eigenvalue weighted by Crippen LogP contribution is 2.18. The molecule has 0 radical (unpaired) electrons. The van der Waals surface area contributed by atoms with Gasteiger partial charge < -0.3 is 5.32 Å². The zero-order valence-electron chi connectivity index (χ0n) is 8.78. The quantitative estimate of drug-likeness (QED) is 0.780. The predicted molar refractivity (Wildman–Crippen MR) is 62.9 cm³/mol. The van der Waals surface area contributed by atoms with Crippen molar-refractivity contribution in [3.05, 3.63) is 39.7 Å². The molecule has 17 heavy (non-hydrogen) atoms. The Balaban J connectivity index is 2.31. The minimum atomic E-state index is -0.427. The maximum absolute atomic E-state index is 13.0. The number of halogens is 2. The Morgan fingerprint density at radius 3 is 2.88 bits per heavy atom. The number of benzene rings is 1. The second-order valence-corrected chi connectivity index (χ2v) is 4.37. The lowest BCUT2D eigenvalue weighted by molar-refractivity contribution is 0.335. The summed E-state index contributed by atoms with van der Waals surface area (Å²) in [5.74, 6) is -0.427. The Labute approximate surface area is 101 Å². The van der Waals surface area contributed by atoms with Gasteiger partial charge in [-0.2, -0.15) is 0 Å². The molecule has 2 heterocycles. The van der Waals surface area contributed by atoms with Gasteiger partial charge in [-0.3, -0.25) is 9.36 Å². The first-order valence-corrected chi connectivity index (χ1v) is 5.62. The Hall–Kier alpha value is -1.46. The van der Waals surface area contributed by atoms with Gasteiger partial charge in [0.1, 0.15) is 5.82 Å². The normalized spacial score (nSPS) is 16.1. The molecule has 0 saturated carbocycles. The Morgan fingerprint density at radius 1 is 1.47 bits per heavy atom. The standard InChI is InChI=1S/C11H9ClFN3O/c12-11-15-9-3-6(13)1-2-8(9)10(17)16(11)7-4-14-5-7/h1-3,7,14H,4-5H2. The van der Waals surface area contributed by atoms with Crippen molar-refractivity contribution in [3.63, 3.8) is 0 Å². The molecule has 6 heteroatoms. The number of hydrogen-bond acceptors (Lipinski definition) is 3. The van der Waals surface area contributed by atoms with Gasteiger partial charge in [0.15, 0.2) is 0 Å². The molecular weight excluding hydrogens is 245 g/mol. The zero-order valence-corrected chi connectivity index (χ0v) is 9.54. The molecule has 1 aliphatic rings. The van der Waals surface area contributed by atoms with Crippen LogP contribution in [-0.4, -0.2) is 22.6 Å². The first kappa shape index (κ1) is 10.7. The molecule has 3 rings (SSSR count). The van der Waals surface area contributed by atoms with Crippen molar-refractivity contribution >= 4 is 22.5 Å². The van der Waals surface area contributed by atoms with E-state index in [4.69, 9.17) is 11.6 Å². The Morgan fingerprint density at radius 2 is 2.24 bits per heavy atom. The van der Waals surface area contributed by atoms with Crippen LogP contribution in [0.3, 0.4) is 0 Å². The molecular formula is C11H9ClFN3O. The van der Waals surface area contributed by atoms with Gasteiger partial charge in [0, 0.05) is 19.2 Å². The summed E-state index contributed by atoms with van der Waals surface area (Å²) in [5, 5.41) is 3.57. The molecule has 0 bridgehead atoms. The van der Waals surface area contributed by atoms with E-state index in [0.29, 0.717) is 24.0 Å². The molecule has 0 spiro atoms. The minimum Gasteiger partial charge on any atom is -0.313 e. The molecule has 1 aromatic carbocycles. The van der Waals surface area contributed by atoms with Crippen molar-refractivity contribution in [1.82, 2.24) is 14.9 Å². The summed E-state index contributed by atoms with van der Waals surface area (Å²) in [6, 6.07) is 3.95. The highest BCUT2D eigenvalue weighted by molar-refractivity contribution is 6.28. The molecule has 4 nitrogen and oxygen atoms in total. The highest BCUT2D eigenvalue weighted by atomic mass is 35.5. The molecule has 0 atom stereocenters. The van der Waals surface area contributed by atoms with Crippen LogP contribution in [0.2, 0.25) is 5.28 Å². The SMILES string of the molecule is O=c1c2ccc(F)cc2nc(Cl)n1C1CNC1. The number of nitrogens with zero attached hydrogens (tertiary/aromatic N) is 2. The van der Waals surface area contributed by atoms with E-state index in [2.05, 4.69) is 10.3 Å². The summed E-state index contributed by atoms with van der Waals surface area (Å²) in [6.07, 6.45) is 0. The molecule has 1 saturated heterocycles. The van der Waals surface area contributed by atoms with Crippen LogP contribution in [0.25, 0.3) is 10.9 Å². The van der Waals surface area contributed by atoms with Crippen LogP contribution in [0.5, 0.6) is 0 Å². The first-order valence-electron chi connectivity index (χ1n) is 5.25. The smallest absolute Gasteiger partial charge is 0.262 e. The molecule has 1 N–H and O–H groups in total. The van der Waals surface area contributed by atoms with E-state index < -0.39 is 5.82 Å². The summed E-state index contributed by atoms with van der Waals surface area (Å²) in [5.41, 5.74) is 0.0787. The fourth-order valence-electron chi connectivity index (χ4n) is 1.92. The van der Waals surface area contributed by atoms with Crippen LogP contribution < -0.4 is 10.9 Å². The number of rotatable bonds is 1. The summed E-state index contributed by atoms with van der Waals surface area (Å²) >= 11 is 5.97. The van der Waals surface area contributed by atoms with Crippen LogP contribution in [0.15, 0.2) is 23.0 Å². The second kappa shape index (κ2) is 3.78. The zero-order chi connectivity index (χ0) is 12.0. The van der Waals surface area contributed by atoms with Crippen LogP contribution >= 0.6 is 11.6 Å². The molecule has 0 amide bonds. The second-order valence-electron chi connectivity index (χ2n) is 4.03. The fourth-order valence-corrected chi connectivity index (χ4v) is 2.22. The van der Waals surface area contributed by atoms with Crippen molar-refractivity contribution in [3.8, 4) is 0 Å². The molecule has 0 unspecified atom stereocenters. The maximum Gasteiger partial charge on any atom is 0.262 e. The highest BCUT2D eigenvalue weighted by Gasteiger charge is 2.23. The van der Waals surface area contributed by atoms with Gasteiger partial charge in [0.05, 0.1) is 16.9 Å². The third kappa shape index (κ3) is 1.62. The summed E-state index contributed by atoms with van der Waals surface area (Å²) in [7, 11) is 0. The van der Waals surface area contributed by atoms with Crippen molar-refractivity contribution in [2.45, 2.75) is 6.04 Å². The number of aromatic nitrogens is 2. The largest absolute Gasteiger partial charge is 0.313 e. The molecule has 1 fully saturated rings. The van der Waals surface area contributed by atoms with Gasteiger partial charge in [-0.05, 0) is 23.7 Å². The van der Waals surface area contributed by atoms with Gasteiger partial charge >= 0.3 is 0 Å². The van der Waals surface area contributed by atoms with Crippen molar-refractivity contribution in [1.29, 1.82) is 0 Å². The van der Waals surface area contributed by atoms with Gasteiger partial charge in [-0.1, -0.05) is 0 Å². The predicted octanol–water partition coefficient (Wildman–Crippen LogP) is 1.33. The van der Waals surface area contributed by atoms with E-state index in [-0.39, 0.29) is 16.9 Å². The van der Waals surface area contributed by atoms with Crippen molar-refractivity contribution < 1.29 is 4.39 Å². The average Bonchev–Trinajstić information content (AvgIpc) is 2.20. The number of hydrogen-bond donors (Lipinski definition) is 1. The lowest BCUT2D eigenvalue weighted by atomic mass is 10.1. The minimum absolute atomic E-state index is 0.0388. The van der Waals surface area contributed by atoms with E-state index >= 15 is 0 Å². The summed E-state index contributed by atoms with van der Waals surface area (Å²) in [6.45, 7) is 1.40. The maximum atomic E-state index is 13.0. The average molecular weight is 254 g/mol. The third-order valence-corrected chi connectivity index (χ3v) is 3.21. The third-order valence-electron chi connectivity index (χ3n) is 2.95. The van der Waals surface area contributed by atoms with Gasteiger partial charge in [0.2, 0.25) is 5.28 Å². The van der Waals surface area contributed by atoms with Crippen LogP contribution in [-0.2, 0) is 0 Å².